The van der Waals surface area contributed by atoms with Crippen LogP contribution in [0, 0.1) is 13.8 Å². The Morgan fingerprint density at radius 2 is 2.06 bits per heavy atom. The maximum absolute atomic E-state index is 5.65. The number of rotatable bonds is 3. The van der Waals surface area contributed by atoms with Gasteiger partial charge < -0.3 is 10.3 Å². The number of hydrogen-bond donors (Lipinski definition) is 1. The first kappa shape index (κ1) is 12.1. The number of nitrogens with zero attached hydrogens (tertiary/aromatic N) is 3. The lowest BCUT2D eigenvalue weighted by atomic mass is 10.1. The highest BCUT2D eigenvalue weighted by Gasteiger charge is 2.07. The first-order chi connectivity index (χ1) is 8.11. The molecular weight excluding hydrogens is 232 g/mol. The van der Waals surface area contributed by atoms with Crippen LogP contribution in [0.4, 0.5) is 0 Å². The van der Waals surface area contributed by atoms with Crippen LogP contribution in [-0.2, 0) is 13.6 Å². The summed E-state index contributed by atoms with van der Waals surface area (Å²) in [5.74, 6) is 0.919. The first-order valence-corrected chi connectivity index (χ1v) is 6.27. The lowest BCUT2D eigenvalue weighted by Crippen LogP contribution is -1.99. The van der Waals surface area contributed by atoms with Gasteiger partial charge in [0.2, 0.25) is 0 Å². The van der Waals surface area contributed by atoms with Crippen LogP contribution in [0.15, 0.2) is 28.3 Å². The molecule has 0 unspecified atom stereocenters. The van der Waals surface area contributed by atoms with Crippen molar-refractivity contribution in [2.75, 3.05) is 0 Å². The normalized spacial score (nSPS) is 10.8. The van der Waals surface area contributed by atoms with Gasteiger partial charge in [0.25, 0.3) is 0 Å². The number of aryl methyl sites for hydroxylation is 2. The van der Waals surface area contributed by atoms with Gasteiger partial charge in [-0.05, 0) is 48.9 Å². The quantitative estimate of drug-likeness (QED) is 0.903. The second kappa shape index (κ2) is 4.89. The van der Waals surface area contributed by atoms with Crippen LogP contribution in [-0.4, -0.2) is 14.8 Å². The van der Waals surface area contributed by atoms with E-state index in [-0.39, 0.29) is 0 Å². The van der Waals surface area contributed by atoms with Crippen LogP contribution < -0.4 is 5.73 Å². The van der Waals surface area contributed by atoms with Crippen LogP contribution in [0.3, 0.4) is 0 Å². The number of nitrogens with two attached hydrogens (primary N) is 1. The van der Waals surface area contributed by atoms with Crippen LogP contribution in [0.2, 0.25) is 0 Å². The maximum Gasteiger partial charge on any atom is 0.195 e. The molecule has 0 amide bonds. The number of aromatic nitrogens is 3. The minimum Gasteiger partial charge on any atom is -0.326 e. The molecule has 0 aliphatic heterocycles. The van der Waals surface area contributed by atoms with Crippen LogP contribution >= 0.6 is 11.8 Å². The smallest absolute Gasteiger partial charge is 0.195 e. The molecule has 5 heteroatoms. The van der Waals surface area contributed by atoms with E-state index < -0.39 is 0 Å². The number of hydrogen-bond acceptors (Lipinski definition) is 4. The molecule has 4 nitrogen and oxygen atoms in total. The van der Waals surface area contributed by atoms with Gasteiger partial charge in [-0.2, -0.15) is 0 Å². The summed E-state index contributed by atoms with van der Waals surface area (Å²) in [7, 11) is 1.97. The molecule has 90 valence electrons. The Kier molecular flexibility index (Phi) is 3.49. The molecule has 0 bridgehead atoms. The molecule has 2 aromatic rings. The Balaban J connectivity index is 2.25. The lowest BCUT2D eigenvalue weighted by molar-refractivity contribution is 0.765. The molecule has 2 N–H and O–H groups in total. The topological polar surface area (TPSA) is 56.7 Å². The van der Waals surface area contributed by atoms with Crippen molar-refractivity contribution in [2.45, 2.75) is 30.4 Å². The molecule has 0 spiro atoms. The summed E-state index contributed by atoms with van der Waals surface area (Å²) in [4.78, 5) is 1.16. The van der Waals surface area contributed by atoms with Gasteiger partial charge in [0.1, 0.15) is 5.82 Å². The van der Waals surface area contributed by atoms with Crippen molar-refractivity contribution in [1.29, 1.82) is 0 Å². The van der Waals surface area contributed by atoms with E-state index in [0.29, 0.717) is 6.54 Å². The molecule has 2 rings (SSSR count). The SMILES string of the molecule is Cc1cc(Sc2nnc(C)n2C)ccc1CN. The molecule has 0 fully saturated rings. The van der Waals surface area contributed by atoms with E-state index in [2.05, 4.69) is 35.3 Å². The Labute approximate surface area is 105 Å². The average molecular weight is 248 g/mol. The molecule has 1 heterocycles. The van der Waals surface area contributed by atoms with Gasteiger partial charge in [-0.3, -0.25) is 0 Å². The van der Waals surface area contributed by atoms with E-state index >= 15 is 0 Å². The Bertz CT molecular complexity index is 533. The zero-order valence-electron chi connectivity index (χ0n) is 10.3. The van der Waals surface area contributed by atoms with E-state index in [1.54, 1.807) is 11.8 Å². The van der Waals surface area contributed by atoms with Crippen molar-refractivity contribution in [3.8, 4) is 0 Å². The minimum absolute atomic E-state index is 0.583. The van der Waals surface area contributed by atoms with Gasteiger partial charge in [0, 0.05) is 18.5 Å². The first-order valence-electron chi connectivity index (χ1n) is 5.45. The van der Waals surface area contributed by atoms with Crippen molar-refractivity contribution in [3.63, 3.8) is 0 Å². The fourth-order valence-corrected chi connectivity index (χ4v) is 2.48. The summed E-state index contributed by atoms with van der Waals surface area (Å²) in [5.41, 5.74) is 8.05. The average Bonchev–Trinajstić information content (AvgIpc) is 2.61. The van der Waals surface area contributed by atoms with Gasteiger partial charge in [0.05, 0.1) is 0 Å². The van der Waals surface area contributed by atoms with Gasteiger partial charge in [-0.25, -0.2) is 0 Å². The summed E-state index contributed by atoms with van der Waals surface area (Å²) < 4.78 is 1.98. The predicted molar refractivity (Wildman–Crippen MR) is 68.9 cm³/mol. The van der Waals surface area contributed by atoms with Gasteiger partial charge in [-0.1, -0.05) is 6.07 Å². The summed E-state index contributed by atoms with van der Waals surface area (Å²) in [6.45, 7) is 4.61. The Hall–Kier alpha value is -1.33. The van der Waals surface area contributed by atoms with Crippen molar-refractivity contribution in [3.05, 3.63) is 35.2 Å². The standard InChI is InChI=1S/C12H16N4S/c1-8-6-11(5-4-10(8)7-13)17-12-15-14-9(2)16(12)3/h4-6H,7,13H2,1-3H3. The van der Waals surface area contributed by atoms with Crippen molar-refractivity contribution in [1.82, 2.24) is 14.8 Å². The summed E-state index contributed by atoms with van der Waals surface area (Å²) in [5, 5.41) is 9.08. The van der Waals surface area contributed by atoms with E-state index in [4.69, 9.17) is 5.73 Å². The predicted octanol–water partition coefficient (Wildman–Crippen LogP) is 2.04. The molecule has 1 aromatic carbocycles. The number of benzene rings is 1. The molecule has 1 aromatic heterocycles. The summed E-state index contributed by atoms with van der Waals surface area (Å²) in [6.07, 6.45) is 0. The van der Waals surface area contributed by atoms with Crippen LogP contribution in [0.25, 0.3) is 0 Å². The maximum atomic E-state index is 5.65. The monoisotopic (exact) mass is 248 g/mol. The third kappa shape index (κ3) is 2.50. The van der Waals surface area contributed by atoms with Crippen molar-refractivity contribution in [2.24, 2.45) is 12.8 Å². The zero-order chi connectivity index (χ0) is 12.4. The fraction of sp³-hybridized carbons (Fsp3) is 0.333. The largest absolute Gasteiger partial charge is 0.326 e. The third-order valence-electron chi connectivity index (χ3n) is 2.80. The van der Waals surface area contributed by atoms with Crippen LogP contribution in [0.5, 0.6) is 0 Å². The second-order valence-electron chi connectivity index (χ2n) is 3.98. The molecule has 0 aliphatic rings. The van der Waals surface area contributed by atoms with E-state index in [0.717, 1.165) is 15.9 Å². The summed E-state index contributed by atoms with van der Waals surface area (Å²) >= 11 is 1.62. The molecular formula is C12H16N4S. The Morgan fingerprint density at radius 3 is 2.59 bits per heavy atom. The van der Waals surface area contributed by atoms with Gasteiger partial charge in [0.15, 0.2) is 5.16 Å². The van der Waals surface area contributed by atoms with Gasteiger partial charge in [-0.15, -0.1) is 10.2 Å². The highest BCUT2D eigenvalue weighted by atomic mass is 32.2. The molecule has 0 aliphatic carbocycles. The van der Waals surface area contributed by atoms with Gasteiger partial charge >= 0.3 is 0 Å². The molecule has 0 atom stereocenters. The second-order valence-corrected chi connectivity index (χ2v) is 5.02. The molecule has 17 heavy (non-hydrogen) atoms. The highest BCUT2D eigenvalue weighted by molar-refractivity contribution is 7.99. The van der Waals surface area contributed by atoms with E-state index in [1.165, 1.54) is 11.1 Å². The van der Waals surface area contributed by atoms with E-state index in [1.807, 2.05) is 18.5 Å². The highest BCUT2D eigenvalue weighted by Crippen LogP contribution is 2.27. The summed E-state index contributed by atoms with van der Waals surface area (Å²) in [6, 6.07) is 6.28. The van der Waals surface area contributed by atoms with Crippen molar-refractivity contribution >= 4 is 11.8 Å². The molecule has 0 saturated carbocycles. The molecule has 0 radical (unpaired) electrons. The Morgan fingerprint density at radius 1 is 1.29 bits per heavy atom. The van der Waals surface area contributed by atoms with Crippen LogP contribution in [0.1, 0.15) is 17.0 Å². The van der Waals surface area contributed by atoms with Crippen molar-refractivity contribution < 1.29 is 0 Å². The minimum atomic E-state index is 0.583. The zero-order valence-corrected chi connectivity index (χ0v) is 11.1. The molecule has 0 saturated heterocycles. The van der Waals surface area contributed by atoms with E-state index in [9.17, 15) is 0 Å². The third-order valence-corrected chi connectivity index (χ3v) is 3.82. The lowest BCUT2D eigenvalue weighted by Gasteiger charge is -2.06. The fourth-order valence-electron chi connectivity index (χ4n) is 1.54.